The summed E-state index contributed by atoms with van der Waals surface area (Å²) in [5.41, 5.74) is 0.354. The summed E-state index contributed by atoms with van der Waals surface area (Å²) in [6, 6.07) is 10.4. The van der Waals surface area contributed by atoms with Crippen LogP contribution in [0.15, 0.2) is 47.4 Å². The highest BCUT2D eigenvalue weighted by atomic mass is 32.2. The Balaban J connectivity index is 1.46. The van der Waals surface area contributed by atoms with Crippen LogP contribution >= 0.6 is 0 Å². The Bertz CT molecular complexity index is 1160. The molecule has 0 aromatic heterocycles. The number of anilines is 1. The normalized spacial score (nSPS) is 12.9. The molecule has 0 fully saturated rings. The van der Waals surface area contributed by atoms with Crippen molar-refractivity contribution in [1.29, 1.82) is 0 Å². The van der Waals surface area contributed by atoms with Crippen LogP contribution in [0.5, 0.6) is 11.5 Å². The topological polar surface area (TPSA) is 146 Å². The fraction of sp³-hybridized carbons (Fsp3) is 0.318. The zero-order valence-electron chi connectivity index (χ0n) is 18.4. The lowest BCUT2D eigenvalue weighted by molar-refractivity contribution is -0.147. The maximum Gasteiger partial charge on any atom is 0.339 e. The molecule has 0 unspecified atom stereocenters. The number of hydrogen-bond acceptors (Lipinski definition) is 9. The third-order valence-electron chi connectivity index (χ3n) is 4.62. The van der Waals surface area contributed by atoms with E-state index in [0.717, 1.165) is 0 Å². The van der Waals surface area contributed by atoms with E-state index in [-0.39, 0.29) is 29.1 Å². The average molecular weight is 493 g/mol. The van der Waals surface area contributed by atoms with Gasteiger partial charge in [0.1, 0.15) is 0 Å². The number of nitrogens with one attached hydrogen (secondary N) is 2. The summed E-state index contributed by atoms with van der Waals surface area (Å²) < 4.78 is 47.8. The molecule has 2 aromatic carbocycles. The van der Waals surface area contributed by atoms with Crippen LogP contribution in [0.4, 0.5) is 5.69 Å². The van der Waals surface area contributed by atoms with E-state index in [0.29, 0.717) is 31.1 Å². The van der Waals surface area contributed by atoms with E-state index in [1.54, 1.807) is 12.1 Å². The van der Waals surface area contributed by atoms with Crippen LogP contribution in [0.3, 0.4) is 0 Å². The highest BCUT2D eigenvalue weighted by Crippen LogP contribution is 2.31. The van der Waals surface area contributed by atoms with Crippen molar-refractivity contribution < 1.29 is 41.7 Å². The Kier molecular flexibility index (Phi) is 8.44. The third-order valence-corrected chi connectivity index (χ3v) is 6.08. The summed E-state index contributed by atoms with van der Waals surface area (Å²) in [4.78, 5) is 35.7. The van der Waals surface area contributed by atoms with Gasteiger partial charge in [-0.15, -0.1) is 0 Å². The number of esters is 2. The standard InChI is InChI=1S/C22H24N2O9S/c1-30-22(27)16-5-2-3-6-17(16)24-20(25)14-33-21(26)9-10-23-34(28,29)15-7-8-18-19(13-15)32-12-4-11-31-18/h2-3,5-8,13,23H,4,9-12,14H2,1H3,(H,24,25). The first-order chi connectivity index (χ1) is 16.3. The molecule has 1 aliphatic rings. The second-order valence-corrected chi connectivity index (χ2v) is 8.82. The Morgan fingerprint density at radius 2 is 1.76 bits per heavy atom. The lowest BCUT2D eigenvalue weighted by Gasteiger charge is -2.11. The Morgan fingerprint density at radius 3 is 2.53 bits per heavy atom. The molecule has 0 spiro atoms. The van der Waals surface area contributed by atoms with E-state index in [4.69, 9.17) is 14.2 Å². The molecule has 1 aliphatic heterocycles. The van der Waals surface area contributed by atoms with Gasteiger partial charge in [-0.2, -0.15) is 0 Å². The van der Waals surface area contributed by atoms with Crippen molar-refractivity contribution in [2.75, 3.05) is 38.8 Å². The van der Waals surface area contributed by atoms with Gasteiger partial charge in [0, 0.05) is 19.0 Å². The van der Waals surface area contributed by atoms with E-state index in [1.165, 1.54) is 37.4 Å². The van der Waals surface area contributed by atoms with Crippen LogP contribution in [-0.2, 0) is 29.1 Å². The van der Waals surface area contributed by atoms with Crippen molar-refractivity contribution in [3.8, 4) is 11.5 Å². The molecule has 182 valence electrons. The molecular weight excluding hydrogens is 468 g/mol. The molecule has 3 rings (SSSR count). The first kappa shape index (κ1) is 25.0. The number of para-hydroxylation sites is 1. The number of carbonyl (C=O) groups excluding carboxylic acids is 3. The molecule has 1 heterocycles. The molecular formula is C22H24N2O9S. The van der Waals surface area contributed by atoms with Gasteiger partial charge in [-0.3, -0.25) is 9.59 Å². The summed E-state index contributed by atoms with van der Waals surface area (Å²) in [5.74, 6) is -1.28. The first-order valence-electron chi connectivity index (χ1n) is 10.3. The maximum absolute atomic E-state index is 12.5. The van der Waals surface area contributed by atoms with Crippen molar-refractivity contribution in [1.82, 2.24) is 4.72 Å². The van der Waals surface area contributed by atoms with Crippen molar-refractivity contribution in [3.63, 3.8) is 0 Å². The van der Waals surface area contributed by atoms with Crippen LogP contribution in [0.2, 0.25) is 0 Å². The van der Waals surface area contributed by atoms with Crippen molar-refractivity contribution in [3.05, 3.63) is 48.0 Å². The number of sulfonamides is 1. The Labute approximate surface area is 196 Å². The molecule has 0 saturated carbocycles. The van der Waals surface area contributed by atoms with Gasteiger partial charge in [0.2, 0.25) is 10.0 Å². The van der Waals surface area contributed by atoms with Gasteiger partial charge in [0.05, 0.1) is 42.9 Å². The van der Waals surface area contributed by atoms with E-state index < -0.39 is 34.5 Å². The maximum atomic E-state index is 12.5. The lowest BCUT2D eigenvalue weighted by Crippen LogP contribution is -2.28. The minimum atomic E-state index is -3.91. The molecule has 0 radical (unpaired) electrons. The van der Waals surface area contributed by atoms with Crippen LogP contribution < -0.4 is 19.5 Å². The first-order valence-corrected chi connectivity index (χ1v) is 11.8. The average Bonchev–Trinajstić information content (AvgIpc) is 3.07. The predicted molar refractivity (Wildman–Crippen MR) is 119 cm³/mol. The van der Waals surface area contributed by atoms with Crippen LogP contribution in [0.1, 0.15) is 23.2 Å². The van der Waals surface area contributed by atoms with Gasteiger partial charge >= 0.3 is 11.9 Å². The Morgan fingerprint density at radius 1 is 1.03 bits per heavy atom. The number of methoxy groups -OCH3 is 1. The summed E-state index contributed by atoms with van der Waals surface area (Å²) in [6.07, 6.45) is 0.392. The van der Waals surface area contributed by atoms with E-state index >= 15 is 0 Å². The largest absolute Gasteiger partial charge is 0.490 e. The molecule has 2 aromatic rings. The van der Waals surface area contributed by atoms with Gasteiger partial charge in [0.15, 0.2) is 18.1 Å². The SMILES string of the molecule is COC(=O)c1ccccc1NC(=O)COC(=O)CCNS(=O)(=O)c1ccc2c(c1)OCCCO2. The summed E-state index contributed by atoms with van der Waals surface area (Å²) in [5, 5.41) is 2.46. The zero-order valence-corrected chi connectivity index (χ0v) is 19.2. The van der Waals surface area contributed by atoms with Gasteiger partial charge in [-0.05, 0) is 24.3 Å². The second-order valence-electron chi connectivity index (χ2n) is 7.05. The van der Waals surface area contributed by atoms with Crippen LogP contribution in [0.25, 0.3) is 0 Å². The second kappa shape index (κ2) is 11.5. The summed E-state index contributed by atoms with van der Waals surface area (Å²) in [7, 11) is -2.69. The monoisotopic (exact) mass is 492 g/mol. The van der Waals surface area contributed by atoms with Gasteiger partial charge in [-0.25, -0.2) is 17.9 Å². The number of carbonyl (C=O) groups is 3. The molecule has 11 nitrogen and oxygen atoms in total. The van der Waals surface area contributed by atoms with Gasteiger partial charge in [-0.1, -0.05) is 12.1 Å². The van der Waals surface area contributed by atoms with Crippen molar-refractivity contribution in [2.45, 2.75) is 17.7 Å². The molecule has 0 bridgehead atoms. The Hall–Kier alpha value is -3.64. The molecule has 2 N–H and O–H groups in total. The zero-order chi connectivity index (χ0) is 24.6. The highest BCUT2D eigenvalue weighted by molar-refractivity contribution is 7.89. The third kappa shape index (κ3) is 6.68. The molecule has 34 heavy (non-hydrogen) atoms. The van der Waals surface area contributed by atoms with Crippen LogP contribution in [-0.4, -0.2) is 59.7 Å². The number of rotatable bonds is 9. The van der Waals surface area contributed by atoms with Crippen molar-refractivity contribution in [2.24, 2.45) is 0 Å². The highest BCUT2D eigenvalue weighted by Gasteiger charge is 2.19. The van der Waals surface area contributed by atoms with Crippen LogP contribution in [0, 0.1) is 0 Å². The summed E-state index contributed by atoms with van der Waals surface area (Å²) in [6.45, 7) is 0.0541. The number of fused-ring (bicyclic) bond motifs is 1. The molecule has 0 saturated heterocycles. The predicted octanol–water partition coefficient (Wildman–Crippen LogP) is 1.48. The van der Waals surface area contributed by atoms with Crippen molar-refractivity contribution >= 4 is 33.6 Å². The molecule has 0 atom stereocenters. The number of amides is 1. The quantitative estimate of drug-likeness (QED) is 0.497. The van der Waals surface area contributed by atoms with E-state index in [2.05, 4.69) is 14.8 Å². The molecule has 1 amide bonds. The molecule has 0 aliphatic carbocycles. The smallest absolute Gasteiger partial charge is 0.339 e. The minimum absolute atomic E-state index is 0.0335. The van der Waals surface area contributed by atoms with Gasteiger partial charge < -0.3 is 24.3 Å². The van der Waals surface area contributed by atoms with Gasteiger partial charge in [0.25, 0.3) is 5.91 Å². The minimum Gasteiger partial charge on any atom is -0.490 e. The number of ether oxygens (including phenoxy) is 4. The molecule has 12 heteroatoms. The fourth-order valence-electron chi connectivity index (χ4n) is 2.97. The lowest BCUT2D eigenvalue weighted by atomic mass is 10.2. The van der Waals surface area contributed by atoms with E-state index in [1.807, 2.05) is 0 Å². The fourth-order valence-corrected chi connectivity index (χ4v) is 4.01. The van der Waals surface area contributed by atoms with E-state index in [9.17, 15) is 22.8 Å². The summed E-state index contributed by atoms with van der Waals surface area (Å²) >= 11 is 0. The number of benzene rings is 2. The number of hydrogen-bond donors (Lipinski definition) is 2.